The van der Waals surface area contributed by atoms with Gasteiger partial charge in [0.2, 0.25) is 0 Å². The summed E-state index contributed by atoms with van der Waals surface area (Å²) in [6.07, 6.45) is 7.47. The van der Waals surface area contributed by atoms with Crippen LogP contribution >= 0.6 is 35.3 Å². The fraction of sp³-hybridized carbons (Fsp3) is 0.409. The highest BCUT2D eigenvalue weighted by atomic mass is 127. The van der Waals surface area contributed by atoms with Gasteiger partial charge in [-0.1, -0.05) is 12.0 Å². The Labute approximate surface area is 200 Å². The highest BCUT2D eigenvalue weighted by molar-refractivity contribution is 14.0. The van der Waals surface area contributed by atoms with Crippen molar-refractivity contribution in [2.75, 3.05) is 38.8 Å². The van der Waals surface area contributed by atoms with E-state index >= 15 is 0 Å². The number of ether oxygens (including phenoxy) is 2. The minimum atomic E-state index is 0. The van der Waals surface area contributed by atoms with Crippen molar-refractivity contribution in [1.29, 1.82) is 0 Å². The van der Waals surface area contributed by atoms with Crippen LogP contribution in [0.15, 0.2) is 40.7 Å². The maximum absolute atomic E-state index is 5.57. The van der Waals surface area contributed by atoms with Gasteiger partial charge in [-0.15, -0.1) is 41.7 Å². The third-order valence-corrected chi connectivity index (χ3v) is 5.81. The fourth-order valence-corrected chi connectivity index (χ4v) is 4.12. The summed E-state index contributed by atoms with van der Waals surface area (Å²) in [6.45, 7) is 2.96. The second-order valence-corrected chi connectivity index (χ2v) is 7.69. The molecule has 0 unspecified atom stereocenters. The van der Waals surface area contributed by atoms with Crippen molar-refractivity contribution in [1.82, 2.24) is 10.6 Å². The number of halogens is 1. The lowest BCUT2D eigenvalue weighted by Gasteiger charge is -2.33. The van der Waals surface area contributed by atoms with Gasteiger partial charge in [-0.25, -0.2) is 0 Å². The zero-order valence-corrected chi connectivity index (χ0v) is 20.5. The summed E-state index contributed by atoms with van der Waals surface area (Å²) in [5.41, 5.74) is 1.06. The number of rotatable bonds is 7. The van der Waals surface area contributed by atoms with Gasteiger partial charge in [0.1, 0.15) is 6.61 Å². The van der Waals surface area contributed by atoms with Gasteiger partial charge in [-0.2, -0.15) is 0 Å². The summed E-state index contributed by atoms with van der Waals surface area (Å²) in [5, 5.41) is 10.4. The average Bonchev–Trinajstić information content (AvgIpc) is 3.30. The Morgan fingerprint density at radius 3 is 2.73 bits per heavy atom. The molecule has 0 bridgehead atoms. The van der Waals surface area contributed by atoms with Gasteiger partial charge in [0.15, 0.2) is 17.5 Å². The van der Waals surface area contributed by atoms with Crippen LogP contribution in [-0.2, 0) is 6.54 Å². The molecule has 0 atom stereocenters. The molecule has 0 radical (unpaired) electrons. The van der Waals surface area contributed by atoms with Crippen LogP contribution in [0.4, 0.5) is 5.00 Å². The number of anilines is 1. The van der Waals surface area contributed by atoms with Crippen LogP contribution in [0.2, 0.25) is 0 Å². The number of benzene rings is 1. The lowest BCUT2D eigenvalue weighted by molar-refractivity contribution is 0.330. The number of piperidine rings is 1. The molecule has 2 heterocycles. The smallest absolute Gasteiger partial charge is 0.191 e. The molecule has 1 aromatic heterocycles. The Bertz CT molecular complexity index is 843. The first-order valence-electron chi connectivity index (χ1n) is 9.72. The zero-order chi connectivity index (χ0) is 20.5. The topological polar surface area (TPSA) is 58.1 Å². The Kier molecular flexibility index (Phi) is 10.1. The predicted octanol–water partition coefficient (Wildman–Crippen LogP) is 3.72. The SMILES string of the molecule is C#CCOc1cc(CNC(=NC)NC2CCN(c3cccs3)CC2)ccc1OC.I. The lowest BCUT2D eigenvalue weighted by Crippen LogP contribution is -2.48. The number of terminal acetylenes is 1. The van der Waals surface area contributed by atoms with Crippen LogP contribution in [0.5, 0.6) is 11.5 Å². The second kappa shape index (κ2) is 12.5. The zero-order valence-electron chi connectivity index (χ0n) is 17.4. The first-order valence-corrected chi connectivity index (χ1v) is 10.6. The number of hydrogen-bond acceptors (Lipinski definition) is 5. The molecule has 8 heteroatoms. The van der Waals surface area contributed by atoms with E-state index in [1.165, 1.54) is 5.00 Å². The molecule has 0 amide bonds. The fourth-order valence-electron chi connectivity index (χ4n) is 3.33. The van der Waals surface area contributed by atoms with Gasteiger partial charge in [0.25, 0.3) is 0 Å². The summed E-state index contributed by atoms with van der Waals surface area (Å²) in [7, 11) is 3.41. The van der Waals surface area contributed by atoms with Crippen LogP contribution in [0.1, 0.15) is 18.4 Å². The summed E-state index contributed by atoms with van der Waals surface area (Å²) >= 11 is 1.80. The van der Waals surface area contributed by atoms with Gasteiger partial charge >= 0.3 is 0 Å². The molecule has 6 nitrogen and oxygen atoms in total. The van der Waals surface area contributed by atoms with Crippen LogP contribution in [0.3, 0.4) is 0 Å². The van der Waals surface area contributed by atoms with Crippen molar-refractivity contribution in [3.8, 4) is 23.8 Å². The van der Waals surface area contributed by atoms with Crippen molar-refractivity contribution < 1.29 is 9.47 Å². The molecular formula is C22H29IN4O2S. The third kappa shape index (κ3) is 6.71. The first kappa shape index (κ1) is 24.2. The molecule has 1 fully saturated rings. The van der Waals surface area contributed by atoms with Gasteiger partial charge < -0.3 is 25.0 Å². The van der Waals surface area contributed by atoms with E-state index in [2.05, 4.69) is 44.0 Å². The van der Waals surface area contributed by atoms with Crippen molar-refractivity contribution in [2.24, 2.45) is 4.99 Å². The number of aliphatic imine (C=N–C) groups is 1. The van der Waals surface area contributed by atoms with Gasteiger partial charge in [0, 0.05) is 32.7 Å². The molecule has 0 saturated carbocycles. The lowest BCUT2D eigenvalue weighted by atomic mass is 10.1. The monoisotopic (exact) mass is 540 g/mol. The van der Waals surface area contributed by atoms with E-state index in [0.717, 1.165) is 37.5 Å². The number of thiophene rings is 1. The van der Waals surface area contributed by atoms with Crippen molar-refractivity contribution in [2.45, 2.75) is 25.4 Å². The Morgan fingerprint density at radius 2 is 2.10 bits per heavy atom. The second-order valence-electron chi connectivity index (χ2n) is 6.76. The van der Waals surface area contributed by atoms with E-state index in [0.29, 0.717) is 24.1 Å². The van der Waals surface area contributed by atoms with E-state index < -0.39 is 0 Å². The minimum Gasteiger partial charge on any atom is -0.493 e. The molecule has 1 saturated heterocycles. The van der Waals surface area contributed by atoms with E-state index in [1.54, 1.807) is 25.5 Å². The molecule has 1 aliphatic rings. The molecule has 0 aliphatic carbocycles. The number of hydrogen-bond donors (Lipinski definition) is 2. The van der Waals surface area contributed by atoms with Crippen LogP contribution in [0, 0.1) is 12.3 Å². The molecule has 162 valence electrons. The molecule has 30 heavy (non-hydrogen) atoms. The van der Waals surface area contributed by atoms with E-state index in [4.69, 9.17) is 15.9 Å². The summed E-state index contributed by atoms with van der Waals surface area (Å²) in [4.78, 5) is 6.82. The van der Waals surface area contributed by atoms with Crippen molar-refractivity contribution >= 4 is 46.3 Å². The van der Waals surface area contributed by atoms with Crippen LogP contribution < -0.4 is 25.0 Å². The largest absolute Gasteiger partial charge is 0.493 e. The van der Waals surface area contributed by atoms with E-state index in [9.17, 15) is 0 Å². The molecule has 3 rings (SSSR count). The predicted molar refractivity (Wildman–Crippen MR) is 136 cm³/mol. The summed E-state index contributed by atoms with van der Waals surface area (Å²) in [5.74, 6) is 4.60. The standard InChI is InChI=1S/C22H28N4O2S.HI/c1-4-13-28-20-15-17(7-8-19(20)27-3)16-24-22(23-2)25-18-9-11-26(12-10-18)21-6-5-14-29-21;/h1,5-8,14-15,18H,9-13,16H2,2-3H3,(H2,23,24,25);1H. The van der Waals surface area contributed by atoms with Gasteiger partial charge in [-0.05, 0) is 48.1 Å². The molecule has 1 aromatic carbocycles. The number of nitrogens with zero attached hydrogens (tertiary/aromatic N) is 2. The molecule has 0 spiro atoms. The number of guanidine groups is 1. The van der Waals surface area contributed by atoms with Gasteiger partial charge in [-0.3, -0.25) is 4.99 Å². The van der Waals surface area contributed by atoms with Crippen LogP contribution in [0.25, 0.3) is 0 Å². The maximum atomic E-state index is 5.57. The number of nitrogens with one attached hydrogen (secondary N) is 2. The Morgan fingerprint density at radius 1 is 1.30 bits per heavy atom. The quantitative estimate of drug-likeness (QED) is 0.243. The Hall–Kier alpha value is -2.12. The van der Waals surface area contributed by atoms with Crippen molar-refractivity contribution in [3.05, 3.63) is 41.3 Å². The normalized spacial score (nSPS) is 14.4. The maximum Gasteiger partial charge on any atom is 0.191 e. The summed E-state index contributed by atoms with van der Waals surface area (Å²) in [6, 6.07) is 10.5. The molecular weight excluding hydrogens is 511 g/mol. The van der Waals surface area contributed by atoms with E-state index in [-0.39, 0.29) is 30.6 Å². The highest BCUT2D eigenvalue weighted by Crippen LogP contribution is 2.28. The first-order chi connectivity index (χ1) is 14.2. The number of methoxy groups -OCH3 is 1. The Balaban J connectivity index is 0.00000320. The van der Waals surface area contributed by atoms with Crippen molar-refractivity contribution in [3.63, 3.8) is 0 Å². The third-order valence-electron chi connectivity index (χ3n) is 4.88. The molecule has 2 aromatic rings. The summed E-state index contributed by atoms with van der Waals surface area (Å²) < 4.78 is 10.9. The minimum absolute atomic E-state index is 0. The van der Waals surface area contributed by atoms with Gasteiger partial charge in [0.05, 0.1) is 12.1 Å². The molecule has 1 aliphatic heterocycles. The van der Waals surface area contributed by atoms with Crippen LogP contribution in [-0.4, -0.2) is 45.9 Å². The average molecular weight is 540 g/mol. The van der Waals surface area contributed by atoms with E-state index in [1.807, 2.05) is 18.2 Å². The highest BCUT2D eigenvalue weighted by Gasteiger charge is 2.20. The molecule has 2 N–H and O–H groups in total.